The number of nitrogens with zero attached hydrogens (tertiary/aromatic N) is 3. The van der Waals surface area contributed by atoms with Crippen molar-refractivity contribution in [1.82, 2.24) is 15.2 Å². The van der Waals surface area contributed by atoms with Crippen LogP contribution in [-0.4, -0.2) is 41.8 Å². The fourth-order valence-corrected chi connectivity index (χ4v) is 4.41. The van der Waals surface area contributed by atoms with Crippen LogP contribution in [0.25, 0.3) is 22.4 Å². The van der Waals surface area contributed by atoms with Gasteiger partial charge in [0.25, 0.3) is 11.8 Å². The second kappa shape index (κ2) is 9.42. The number of imide groups is 1. The zero-order valence-corrected chi connectivity index (χ0v) is 20.0. The molecule has 2 aromatic carbocycles. The van der Waals surface area contributed by atoms with Crippen LogP contribution in [0.5, 0.6) is 5.75 Å². The third kappa shape index (κ3) is 4.12. The van der Waals surface area contributed by atoms with E-state index in [1.54, 1.807) is 36.4 Å². The molecule has 0 radical (unpaired) electrons. The first kappa shape index (κ1) is 24.6. The van der Waals surface area contributed by atoms with E-state index in [2.05, 4.69) is 10.3 Å². The number of ether oxygens (including phenoxy) is 1. The molecule has 38 heavy (non-hydrogen) atoms. The quantitative estimate of drug-likeness (QED) is 0.358. The summed E-state index contributed by atoms with van der Waals surface area (Å²) in [6.07, 6.45) is 0.204. The van der Waals surface area contributed by atoms with Crippen molar-refractivity contribution in [1.29, 1.82) is 5.26 Å². The molecular formula is C27H20FN5O5. The van der Waals surface area contributed by atoms with Crippen molar-refractivity contribution in [3.8, 4) is 23.1 Å². The van der Waals surface area contributed by atoms with E-state index in [0.717, 1.165) is 5.56 Å². The summed E-state index contributed by atoms with van der Waals surface area (Å²) in [5.74, 6) is -1.37. The molecule has 4 aromatic rings. The van der Waals surface area contributed by atoms with Crippen LogP contribution in [0.15, 0.2) is 59.0 Å². The predicted molar refractivity (Wildman–Crippen MR) is 132 cm³/mol. The second-order valence-corrected chi connectivity index (χ2v) is 8.74. The largest absolute Gasteiger partial charge is 0.497 e. The van der Waals surface area contributed by atoms with E-state index in [1.807, 2.05) is 0 Å². The van der Waals surface area contributed by atoms with Gasteiger partial charge in [-0.2, -0.15) is 5.26 Å². The number of fused-ring (bicyclic) bond motifs is 2. The highest BCUT2D eigenvalue weighted by molar-refractivity contribution is 6.00. The SMILES string of the molecule is COc1ccc2c(c1)C(=O)N(C[C@@](N)(C(=O)NC=O)c1cc3nc(-c4ccc(F)c(C#N)c4)ccc3o1)C2. The van der Waals surface area contributed by atoms with Gasteiger partial charge < -0.3 is 19.8 Å². The summed E-state index contributed by atoms with van der Waals surface area (Å²) in [6.45, 7) is -0.0986. The van der Waals surface area contributed by atoms with E-state index in [4.69, 9.17) is 20.1 Å². The molecule has 0 bridgehead atoms. The number of nitrogens with one attached hydrogen (secondary N) is 1. The van der Waals surface area contributed by atoms with Gasteiger partial charge in [0.15, 0.2) is 11.1 Å². The van der Waals surface area contributed by atoms with Crippen molar-refractivity contribution in [2.45, 2.75) is 12.1 Å². The van der Waals surface area contributed by atoms with E-state index in [1.165, 1.54) is 36.3 Å². The van der Waals surface area contributed by atoms with Gasteiger partial charge in [-0.15, -0.1) is 0 Å². The van der Waals surface area contributed by atoms with Crippen molar-refractivity contribution in [2.75, 3.05) is 13.7 Å². The van der Waals surface area contributed by atoms with E-state index < -0.39 is 17.3 Å². The molecule has 0 unspecified atom stereocenters. The van der Waals surface area contributed by atoms with Gasteiger partial charge in [-0.3, -0.25) is 19.7 Å². The van der Waals surface area contributed by atoms with Gasteiger partial charge in [-0.25, -0.2) is 9.37 Å². The van der Waals surface area contributed by atoms with Crippen molar-refractivity contribution in [3.63, 3.8) is 0 Å². The van der Waals surface area contributed by atoms with Gasteiger partial charge in [-0.05, 0) is 48.0 Å². The van der Waals surface area contributed by atoms with Gasteiger partial charge in [0.1, 0.15) is 28.9 Å². The second-order valence-electron chi connectivity index (χ2n) is 8.74. The van der Waals surface area contributed by atoms with Crippen LogP contribution >= 0.6 is 0 Å². The number of hydrogen-bond acceptors (Lipinski definition) is 8. The minimum atomic E-state index is -1.94. The molecule has 3 N–H and O–H groups in total. The van der Waals surface area contributed by atoms with Crippen LogP contribution in [0.2, 0.25) is 0 Å². The van der Waals surface area contributed by atoms with Crippen LogP contribution in [0.1, 0.15) is 27.2 Å². The zero-order chi connectivity index (χ0) is 27.0. The molecule has 2 aromatic heterocycles. The van der Waals surface area contributed by atoms with Crippen LogP contribution in [0.3, 0.4) is 0 Å². The monoisotopic (exact) mass is 513 g/mol. The van der Waals surface area contributed by atoms with E-state index in [0.29, 0.717) is 33.7 Å². The predicted octanol–water partition coefficient (Wildman–Crippen LogP) is 2.60. The average Bonchev–Trinajstić information content (AvgIpc) is 3.49. The number of nitriles is 1. The van der Waals surface area contributed by atoms with E-state index in [9.17, 15) is 18.8 Å². The number of rotatable bonds is 7. The Labute approximate surface area is 215 Å². The Morgan fingerprint density at radius 1 is 1.29 bits per heavy atom. The molecule has 5 rings (SSSR count). The molecule has 1 aliphatic heterocycles. The number of carbonyl (C=O) groups is 3. The summed E-state index contributed by atoms with van der Waals surface area (Å²) in [7, 11) is 1.49. The summed E-state index contributed by atoms with van der Waals surface area (Å²) < 4.78 is 24.8. The number of benzene rings is 2. The summed E-state index contributed by atoms with van der Waals surface area (Å²) in [6, 6.07) is 15.6. The summed E-state index contributed by atoms with van der Waals surface area (Å²) >= 11 is 0. The minimum absolute atomic E-state index is 0.0188. The number of halogens is 1. The smallest absolute Gasteiger partial charge is 0.256 e. The van der Waals surface area contributed by atoms with Gasteiger partial charge in [0.05, 0.1) is 24.9 Å². The van der Waals surface area contributed by atoms with Gasteiger partial charge >= 0.3 is 0 Å². The highest BCUT2D eigenvalue weighted by Gasteiger charge is 2.44. The van der Waals surface area contributed by atoms with Crippen molar-refractivity contribution >= 4 is 29.3 Å². The number of amides is 3. The lowest BCUT2D eigenvalue weighted by molar-refractivity contribution is -0.130. The maximum Gasteiger partial charge on any atom is 0.256 e. The first-order valence-electron chi connectivity index (χ1n) is 11.4. The molecule has 10 nitrogen and oxygen atoms in total. The van der Waals surface area contributed by atoms with Crippen molar-refractivity contribution in [2.24, 2.45) is 5.73 Å². The van der Waals surface area contributed by atoms with Gasteiger partial charge in [0.2, 0.25) is 6.41 Å². The molecule has 3 heterocycles. The maximum atomic E-state index is 13.8. The zero-order valence-electron chi connectivity index (χ0n) is 20.0. The highest BCUT2D eigenvalue weighted by atomic mass is 19.1. The molecule has 3 amide bonds. The summed E-state index contributed by atoms with van der Waals surface area (Å²) in [5, 5.41) is 11.2. The molecular weight excluding hydrogens is 493 g/mol. The Hall–Kier alpha value is -5.08. The normalized spacial score (nSPS) is 14.1. The molecule has 11 heteroatoms. The number of furan rings is 1. The molecule has 1 aliphatic rings. The number of methoxy groups -OCH3 is 1. The topological polar surface area (TPSA) is 152 Å². The lowest BCUT2D eigenvalue weighted by Gasteiger charge is -2.29. The standard InChI is InChI=1S/C27H20FN5O5/c1-37-18-4-2-16-12-33(25(35)19(16)9-18)13-27(30,26(36)31-14-34)24-10-22-23(38-24)7-6-21(32-22)15-3-5-20(28)17(8-15)11-29/h2-10,14H,12-13,30H2,1H3,(H,31,34,36)/t27-/m0/s1. The number of carbonyl (C=O) groups excluding carboxylic acids is 3. The van der Waals surface area contributed by atoms with E-state index >= 15 is 0 Å². The molecule has 190 valence electrons. The third-order valence-electron chi connectivity index (χ3n) is 6.43. The maximum absolute atomic E-state index is 13.8. The average molecular weight is 513 g/mol. The fraction of sp³-hybridized carbons (Fsp3) is 0.148. The minimum Gasteiger partial charge on any atom is -0.497 e. The van der Waals surface area contributed by atoms with Crippen LogP contribution in [-0.2, 0) is 21.7 Å². The van der Waals surface area contributed by atoms with Gasteiger partial charge in [0, 0.05) is 23.7 Å². The molecule has 0 fully saturated rings. The number of pyridine rings is 1. The Bertz CT molecular complexity index is 1660. The van der Waals surface area contributed by atoms with Crippen molar-refractivity contribution < 1.29 is 27.9 Å². The summed E-state index contributed by atoms with van der Waals surface area (Å²) in [5.41, 5.74) is 7.21. The first-order valence-corrected chi connectivity index (χ1v) is 11.4. The molecule has 0 saturated carbocycles. The Morgan fingerprint density at radius 2 is 2.11 bits per heavy atom. The number of aromatic nitrogens is 1. The van der Waals surface area contributed by atoms with Crippen LogP contribution in [0.4, 0.5) is 4.39 Å². The van der Waals surface area contributed by atoms with E-state index in [-0.39, 0.29) is 36.7 Å². The molecule has 0 aliphatic carbocycles. The third-order valence-corrected chi connectivity index (χ3v) is 6.43. The number of hydrogen-bond donors (Lipinski definition) is 2. The van der Waals surface area contributed by atoms with Crippen LogP contribution < -0.4 is 15.8 Å². The lowest BCUT2D eigenvalue weighted by Crippen LogP contribution is -2.57. The molecule has 1 atom stereocenters. The Morgan fingerprint density at radius 3 is 2.84 bits per heavy atom. The highest BCUT2D eigenvalue weighted by Crippen LogP contribution is 2.33. The number of nitrogens with two attached hydrogens (primary N) is 1. The Balaban J connectivity index is 1.51. The Kier molecular flexibility index (Phi) is 6.10. The van der Waals surface area contributed by atoms with Crippen molar-refractivity contribution in [3.05, 3.63) is 82.9 Å². The fourth-order valence-electron chi connectivity index (χ4n) is 4.41. The molecule has 0 saturated heterocycles. The van der Waals surface area contributed by atoms with Crippen LogP contribution in [0, 0.1) is 17.1 Å². The first-order chi connectivity index (χ1) is 18.3. The lowest BCUT2D eigenvalue weighted by atomic mass is 9.95. The molecule has 0 spiro atoms. The van der Waals surface area contributed by atoms with Gasteiger partial charge in [-0.1, -0.05) is 6.07 Å². The summed E-state index contributed by atoms with van der Waals surface area (Å²) in [4.78, 5) is 43.2.